The molecule has 0 spiro atoms. The normalized spacial score (nSPS) is 14.1. The fraction of sp³-hybridized carbons (Fsp3) is 0.125. The number of hydrogen-bond donors (Lipinski definition) is 1. The van der Waals surface area contributed by atoms with Gasteiger partial charge >= 0.3 is 5.97 Å². The van der Waals surface area contributed by atoms with Gasteiger partial charge in [0, 0.05) is 5.56 Å². The summed E-state index contributed by atoms with van der Waals surface area (Å²) < 4.78 is 0. The molecule has 20 heavy (non-hydrogen) atoms. The third-order valence-electron chi connectivity index (χ3n) is 3.11. The monoisotopic (exact) mass is 283 g/mol. The molecule has 1 N–H and O–H groups in total. The summed E-state index contributed by atoms with van der Waals surface area (Å²) in [6.07, 6.45) is 8.09. The average molecular weight is 283 g/mol. The first-order chi connectivity index (χ1) is 9.75. The highest BCUT2D eigenvalue weighted by molar-refractivity contribution is 7.16. The molecule has 3 nitrogen and oxygen atoms in total. The van der Waals surface area contributed by atoms with Crippen molar-refractivity contribution in [1.29, 1.82) is 0 Å². The number of aromatic carboxylic acids is 1. The van der Waals surface area contributed by atoms with Gasteiger partial charge in [-0.1, -0.05) is 48.6 Å². The van der Waals surface area contributed by atoms with Crippen LogP contribution in [0.15, 0.2) is 48.6 Å². The van der Waals surface area contributed by atoms with Gasteiger partial charge in [-0.2, -0.15) is 0 Å². The lowest BCUT2D eigenvalue weighted by Crippen LogP contribution is -2.00. The van der Waals surface area contributed by atoms with Gasteiger partial charge in [-0.15, -0.1) is 11.3 Å². The second kappa shape index (κ2) is 5.43. The van der Waals surface area contributed by atoms with Crippen LogP contribution in [-0.2, 0) is 0 Å². The Morgan fingerprint density at radius 1 is 1.20 bits per heavy atom. The van der Waals surface area contributed by atoms with Crippen LogP contribution in [0.5, 0.6) is 0 Å². The lowest BCUT2D eigenvalue weighted by Gasteiger charge is -2.04. The smallest absolute Gasteiger partial charge is 0.356 e. The molecule has 0 fully saturated rings. The molecule has 4 heteroatoms. The van der Waals surface area contributed by atoms with E-state index in [1.54, 1.807) is 0 Å². The fourth-order valence-corrected chi connectivity index (χ4v) is 3.23. The molecule has 1 aliphatic rings. The lowest BCUT2D eigenvalue weighted by atomic mass is 10.0. The Morgan fingerprint density at radius 2 is 2.00 bits per heavy atom. The first kappa shape index (κ1) is 12.8. The standard InChI is InChI=1S/C16H13NO2S/c18-16(19)13-14(11-7-3-1-4-8-11)20-15(17-13)12-9-5-2-6-10-12/h2-3,5-10H,1,4H2,(H,18,19). The number of carboxylic acid groups (broad SMARTS) is 1. The van der Waals surface area contributed by atoms with Gasteiger partial charge in [0.2, 0.25) is 0 Å². The topological polar surface area (TPSA) is 50.2 Å². The van der Waals surface area contributed by atoms with E-state index < -0.39 is 5.97 Å². The number of hydrogen-bond acceptors (Lipinski definition) is 3. The van der Waals surface area contributed by atoms with E-state index in [4.69, 9.17) is 0 Å². The van der Waals surface area contributed by atoms with Crippen molar-refractivity contribution in [2.24, 2.45) is 0 Å². The Balaban J connectivity index is 2.10. The Labute approximate surface area is 120 Å². The van der Waals surface area contributed by atoms with E-state index in [0.717, 1.165) is 33.9 Å². The van der Waals surface area contributed by atoms with Crippen LogP contribution >= 0.6 is 11.3 Å². The van der Waals surface area contributed by atoms with E-state index in [9.17, 15) is 9.90 Å². The lowest BCUT2D eigenvalue weighted by molar-refractivity contribution is 0.0691. The van der Waals surface area contributed by atoms with Gasteiger partial charge in [-0.3, -0.25) is 0 Å². The van der Waals surface area contributed by atoms with Gasteiger partial charge in [-0.05, 0) is 18.4 Å². The van der Waals surface area contributed by atoms with Crippen molar-refractivity contribution in [3.8, 4) is 10.6 Å². The Kier molecular flexibility index (Phi) is 3.48. The van der Waals surface area contributed by atoms with Crippen LogP contribution in [0.4, 0.5) is 0 Å². The predicted octanol–water partition coefficient (Wildman–Crippen LogP) is 4.24. The fourth-order valence-electron chi connectivity index (χ4n) is 2.15. The number of thiazole rings is 1. The summed E-state index contributed by atoms with van der Waals surface area (Å²) >= 11 is 1.44. The van der Waals surface area contributed by atoms with Crippen LogP contribution in [0.3, 0.4) is 0 Å². The summed E-state index contributed by atoms with van der Waals surface area (Å²) in [6, 6.07) is 9.68. The van der Waals surface area contributed by atoms with E-state index in [1.807, 2.05) is 36.4 Å². The Morgan fingerprint density at radius 3 is 2.65 bits per heavy atom. The molecule has 0 aliphatic heterocycles. The van der Waals surface area contributed by atoms with Gasteiger partial charge < -0.3 is 5.11 Å². The van der Waals surface area contributed by atoms with Crippen molar-refractivity contribution in [2.75, 3.05) is 0 Å². The molecule has 0 atom stereocenters. The predicted molar refractivity (Wildman–Crippen MR) is 80.9 cm³/mol. The average Bonchev–Trinajstić information content (AvgIpc) is 2.94. The van der Waals surface area contributed by atoms with E-state index >= 15 is 0 Å². The maximum atomic E-state index is 11.4. The molecule has 0 radical (unpaired) electrons. The molecule has 1 heterocycles. The molecule has 2 aromatic rings. The van der Waals surface area contributed by atoms with Crippen LogP contribution in [0.2, 0.25) is 0 Å². The molecule has 1 aromatic heterocycles. The Hall–Kier alpha value is -2.20. The third-order valence-corrected chi connectivity index (χ3v) is 4.26. The molecule has 0 unspecified atom stereocenters. The summed E-state index contributed by atoms with van der Waals surface area (Å²) in [6.45, 7) is 0. The minimum Gasteiger partial charge on any atom is -0.476 e. The van der Waals surface area contributed by atoms with Crippen LogP contribution in [0, 0.1) is 0 Å². The summed E-state index contributed by atoms with van der Waals surface area (Å²) in [7, 11) is 0. The quantitative estimate of drug-likeness (QED) is 0.916. The number of nitrogens with zero attached hydrogens (tertiary/aromatic N) is 1. The first-order valence-electron chi connectivity index (χ1n) is 6.42. The second-order valence-electron chi connectivity index (χ2n) is 4.51. The SMILES string of the molecule is O=C(O)c1nc(-c2ccccc2)sc1C1=CCCC=C1. The molecule has 100 valence electrons. The van der Waals surface area contributed by atoms with E-state index in [2.05, 4.69) is 17.1 Å². The van der Waals surface area contributed by atoms with Crippen LogP contribution in [-0.4, -0.2) is 16.1 Å². The zero-order chi connectivity index (χ0) is 13.9. The number of carboxylic acids is 1. The highest BCUT2D eigenvalue weighted by Crippen LogP contribution is 2.34. The molecular formula is C16H13NO2S. The van der Waals surface area contributed by atoms with Crippen molar-refractivity contribution in [1.82, 2.24) is 4.98 Å². The van der Waals surface area contributed by atoms with Gasteiger partial charge in [0.1, 0.15) is 5.01 Å². The van der Waals surface area contributed by atoms with Gasteiger partial charge in [0.05, 0.1) is 4.88 Å². The molecule has 0 saturated carbocycles. The molecule has 1 aliphatic carbocycles. The summed E-state index contributed by atoms with van der Waals surface area (Å²) in [4.78, 5) is 16.4. The first-order valence-corrected chi connectivity index (χ1v) is 7.24. The number of benzene rings is 1. The van der Waals surface area contributed by atoms with Crippen molar-refractivity contribution in [2.45, 2.75) is 12.8 Å². The maximum Gasteiger partial charge on any atom is 0.356 e. The van der Waals surface area contributed by atoms with Gasteiger partial charge in [-0.25, -0.2) is 9.78 Å². The number of allylic oxidation sites excluding steroid dienone is 4. The minimum atomic E-state index is -0.974. The highest BCUT2D eigenvalue weighted by Gasteiger charge is 2.20. The number of carbonyl (C=O) groups is 1. The van der Waals surface area contributed by atoms with Crippen LogP contribution < -0.4 is 0 Å². The van der Waals surface area contributed by atoms with E-state index in [1.165, 1.54) is 11.3 Å². The van der Waals surface area contributed by atoms with Crippen molar-refractivity contribution in [3.05, 3.63) is 59.1 Å². The van der Waals surface area contributed by atoms with Crippen molar-refractivity contribution in [3.63, 3.8) is 0 Å². The van der Waals surface area contributed by atoms with Crippen LogP contribution in [0.25, 0.3) is 16.1 Å². The van der Waals surface area contributed by atoms with E-state index in [-0.39, 0.29) is 5.69 Å². The summed E-state index contributed by atoms with van der Waals surface area (Å²) in [5.74, 6) is -0.974. The van der Waals surface area contributed by atoms with Crippen LogP contribution in [0.1, 0.15) is 28.2 Å². The summed E-state index contributed by atoms with van der Waals surface area (Å²) in [5.41, 5.74) is 2.06. The van der Waals surface area contributed by atoms with Crippen molar-refractivity contribution < 1.29 is 9.90 Å². The molecule has 0 saturated heterocycles. The highest BCUT2D eigenvalue weighted by atomic mass is 32.1. The van der Waals surface area contributed by atoms with Gasteiger partial charge in [0.25, 0.3) is 0 Å². The molecule has 0 amide bonds. The zero-order valence-corrected chi connectivity index (χ0v) is 11.6. The third kappa shape index (κ3) is 2.42. The minimum absolute atomic E-state index is 0.145. The largest absolute Gasteiger partial charge is 0.476 e. The molecule has 0 bridgehead atoms. The van der Waals surface area contributed by atoms with Gasteiger partial charge in [0.15, 0.2) is 5.69 Å². The maximum absolute atomic E-state index is 11.4. The summed E-state index contributed by atoms with van der Waals surface area (Å²) in [5, 5.41) is 10.1. The molecular weight excluding hydrogens is 270 g/mol. The molecule has 3 rings (SSSR count). The zero-order valence-electron chi connectivity index (χ0n) is 10.7. The number of aromatic nitrogens is 1. The Bertz CT molecular complexity index is 699. The number of rotatable bonds is 3. The second-order valence-corrected chi connectivity index (χ2v) is 5.51. The van der Waals surface area contributed by atoms with Crippen molar-refractivity contribution >= 4 is 22.9 Å². The molecule has 1 aromatic carbocycles. The van der Waals surface area contributed by atoms with E-state index in [0.29, 0.717) is 0 Å².